The average Bonchev–Trinajstić information content (AvgIpc) is 2.01. The van der Waals surface area contributed by atoms with Crippen LogP contribution < -0.4 is 14.9 Å². The second kappa shape index (κ2) is 4.84. The van der Waals surface area contributed by atoms with Gasteiger partial charge in [0, 0.05) is 0 Å². The maximum absolute atomic E-state index is 3.46. The molecule has 0 aromatic rings. The molecule has 0 saturated carbocycles. The molecule has 0 heterocycles. The Morgan fingerprint density at radius 3 is 1.70 bits per heavy atom. The summed E-state index contributed by atoms with van der Waals surface area (Å²) < 4.78 is 0. The van der Waals surface area contributed by atoms with Crippen molar-refractivity contribution in [3.63, 3.8) is 0 Å². The second-order valence-electron chi connectivity index (χ2n) is 2.29. The van der Waals surface area contributed by atoms with Crippen molar-refractivity contribution in [2.24, 2.45) is 0 Å². The van der Waals surface area contributed by atoms with Gasteiger partial charge < -0.3 is 14.9 Å². The summed E-state index contributed by atoms with van der Waals surface area (Å²) in [4.78, 5) is 10.1. The molecule has 10 heavy (non-hydrogen) atoms. The van der Waals surface area contributed by atoms with E-state index in [2.05, 4.69) is 28.8 Å². The monoisotopic (exact) mass is 161 g/mol. The topological polar surface area (TPSA) is 36.1 Å². The van der Waals surface area contributed by atoms with E-state index in [-0.39, 0.29) is 0 Å². The zero-order valence-corrected chi connectivity index (χ0v) is 8.41. The largest absolute Gasteiger partial charge is 0.316 e. The van der Waals surface area contributed by atoms with E-state index < -0.39 is 8.56 Å². The van der Waals surface area contributed by atoms with Crippen molar-refractivity contribution in [3.05, 3.63) is 0 Å². The molecule has 3 N–H and O–H groups in total. The van der Waals surface area contributed by atoms with Gasteiger partial charge in [-0.3, -0.25) is 0 Å². The normalized spacial score (nSPS) is 12.0. The highest BCUT2D eigenvalue weighted by Gasteiger charge is 2.26. The van der Waals surface area contributed by atoms with Gasteiger partial charge in [0.15, 0.2) is 0 Å². The number of rotatable bonds is 5. The number of hydrogen-bond donors (Lipinski definition) is 3. The molecule has 0 aromatic heterocycles. The van der Waals surface area contributed by atoms with Crippen LogP contribution in [0.2, 0.25) is 6.04 Å². The van der Waals surface area contributed by atoms with Gasteiger partial charge in [0.05, 0.1) is 0 Å². The van der Waals surface area contributed by atoms with Crippen molar-refractivity contribution in [1.29, 1.82) is 0 Å². The minimum absolute atomic E-state index is 1.03. The van der Waals surface area contributed by atoms with Crippen LogP contribution in [-0.4, -0.2) is 29.2 Å². The molecular weight excluding hydrogens is 142 g/mol. The lowest BCUT2D eigenvalue weighted by Crippen LogP contribution is -2.69. The van der Waals surface area contributed by atoms with E-state index in [0.717, 1.165) is 12.6 Å². The Balaban J connectivity index is 3.87. The first-order valence-corrected chi connectivity index (χ1v) is 6.08. The predicted molar refractivity (Wildman–Crippen MR) is 48.0 cm³/mol. The summed E-state index contributed by atoms with van der Waals surface area (Å²) in [5.41, 5.74) is 0. The van der Waals surface area contributed by atoms with Gasteiger partial charge in [0.25, 0.3) is 8.56 Å². The van der Waals surface area contributed by atoms with E-state index >= 15 is 0 Å². The lowest BCUT2D eigenvalue weighted by Gasteiger charge is -2.28. The van der Waals surface area contributed by atoms with E-state index in [1.54, 1.807) is 0 Å². The highest BCUT2D eigenvalue weighted by molar-refractivity contribution is 6.72. The van der Waals surface area contributed by atoms with Crippen LogP contribution in [0.1, 0.15) is 13.8 Å². The summed E-state index contributed by atoms with van der Waals surface area (Å²) in [6.45, 7) is 5.36. The molecule has 0 aliphatic heterocycles. The third-order valence-corrected chi connectivity index (χ3v) is 5.59. The summed E-state index contributed by atoms with van der Waals surface area (Å²) in [5, 5.41) is 0. The Morgan fingerprint density at radius 1 is 1.10 bits per heavy atom. The fraction of sp³-hybridized carbons (Fsp3) is 1.00. The summed E-state index contributed by atoms with van der Waals surface area (Å²) in [6, 6.07) is 1.16. The SMILES string of the molecule is CCN[Si](CC)(NC)NC. The molecule has 0 aliphatic rings. The zero-order chi connectivity index (χ0) is 8.04. The Bertz CT molecular complexity index is 74.8. The van der Waals surface area contributed by atoms with Crippen LogP contribution in [0.5, 0.6) is 0 Å². The summed E-state index contributed by atoms with van der Waals surface area (Å²) in [7, 11) is 2.55. The van der Waals surface area contributed by atoms with Crippen LogP contribution in [0, 0.1) is 0 Å². The first kappa shape index (κ1) is 10.1. The van der Waals surface area contributed by atoms with Gasteiger partial charge >= 0.3 is 0 Å². The van der Waals surface area contributed by atoms with Gasteiger partial charge in [-0.05, 0) is 26.7 Å². The minimum Gasteiger partial charge on any atom is -0.316 e. The Kier molecular flexibility index (Phi) is 4.89. The van der Waals surface area contributed by atoms with Crippen LogP contribution in [0.4, 0.5) is 0 Å². The van der Waals surface area contributed by atoms with Crippen molar-refractivity contribution >= 4 is 8.56 Å². The van der Waals surface area contributed by atoms with Crippen LogP contribution in [0.3, 0.4) is 0 Å². The standard InChI is InChI=1S/C6H19N3Si/c1-5-9-10(6-2,7-3)8-4/h7-9H,5-6H2,1-4H3. The zero-order valence-electron chi connectivity index (χ0n) is 7.41. The second-order valence-corrected chi connectivity index (χ2v) is 6.16. The third kappa shape index (κ3) is 2.38. The Labute approximate surface area is 64.8 Å². The molecule has 0 rings (SSSR count). The molecule has 0 amide bonds. The molecule has 0 saturated heterocycles. The van der Waals surface area contributed by atoms with Gasteiger partial charge in [-0.1, -0.05) is 13.8 Å². The highest BCUT2D eigenvalue weighted by atomic mass is 28.4. The molecule has 3 nitrogen and oxygen atoms in total. The van der Waals surface area contributed by atoms with E-state index in [1.165, 1.54) is 0 Å². The van der Waals surface area contributed by atoms with Crippen molar-refractivity contribution in [1.82, 2.24) is 14.9 Å². The van der Waals surface area contributed by atoms with Crippen molar-refractivity contribution in [2.45, 2.75) is 19.9 Å². The van der Waals surface area contributed by atoms with Gasteiger partial charge in [-0.25, -0.2) is 0 Å². The quantitative estimate of drug-likeness (QED) is 0.497. The maximum atomic E-state index is 3.46. The smallest absolute Gasteiger partial charge is 0.280 e. The van der Waals surface area contributed by atoms with E-state index in [4.69, 9.17) is 0 Å². The summed E-state index contributed by atoms with van der Waals surface area (Å²) in [5.74, 6) is 0. The molecule has 4 heteroatoms. The van der Waals surface area contributed by atoms with Gasteiger partial charge in [-0.2, -0.15) is 0 Å². The fourth-order valence-corrected chi connectivity index (χ4v) is 3.25. The molecule has 0 unspecified atom stereocenters. The fourth-order valence-electron chi connectivity index (χ4n) is 1.08. The lowest BCUT2D eigenvalue weighted by atomic mass is 10.8. The molecule has 0 fully saturated rings. The van der Waals surface area contributed by atoms with E-state index in [0.29, 0.717) is 0 Å². The Hall–Kier alpha value is 0.0969. The molecule has 0 atom stereocenters. The maximum Gasteiger partial charge on any atom is 0.280 e. The molecule has 0 spiro atoms. The van der Waals surface area contributed by atoms with Gasteiger partial charge in [0.2, 0.25) is 0 Å². The van der Waals surface area contributed by atoms with Crippen molar-refractivity contribution in [2.75, 3.05) is 20.6 Å². The molecule has 0 aliphatic carbocycles. The summed E-state index contributed by atoms with van der Waals surface area (Å²) in [6.07, 6.45) is 0. The molecule has 0 radical (unpaired) electrons. The van der Waals surface area contributed by atoms with E-state index in [1.807, 2.05) is 14.1 Å². The van der Waals surface area contributed by atoms with Crippen molar-refractivity contribution in [3.8, 4) is 0 Å². The van der Waals surface area contributed by atoms with Gasteiger partial charge in [-0.15, -0.1) is 0 Å². The summed E-state index contributed by atoms with van der Waals surface area (Å²) >= 11 is 0. The van der Waals surface area contributed by atoms with Crippen LogP contribution in [-0.2, 0) is 0 Å². The molecule has 62 valence electrons. The number of nitrogens with one attached hydrogen (secondary N) is 3. The third-order valence-electron chi connectivity index (χ3n) is 1.86. The first-order valence-electron chi connectivity index (χ1n) is 3.87. The molecule has 0 aromatic carbocycles. The van der Waals surface area contributed by atoms with Crippen molar-refractivity contribution < 1.29 is 0 Å². The molecule has 0 bridgehead atoms. The van der Waals surface area contributed by atoms with E-state index in [9.17, 15) is 0 Å². The first-order chi connectivity index (χ1) is 4.74. The van der Waals surface area contributed by atoms with Crippen LogP contribution in [0.15, 0.2) is 0 Å². The lowest BCUT2D eigenvalue weighted by molar-refractivity contribution is 0.831. The van der Waals surface area contributed by atoms with Gasteiger partial charge in [0.1, 0.15) is 0 Å². The van der Waals surface area contributed by atoms with Crippen LogP contribution >= 0.6 is 0 Å². The van der Waals surface area contributed by atoms with Crippen LogP contribution in [0.25, 0.3) is 0 Å². The molecular formula is C6H19N3Si. The minimum atomic E-state index is -1.47. The number of hydrogen-bond acceptors (Lipinski definition) is 3. The average molecular weight is 161 g/mol. The Morgan fingerprint density at radius 2 is 1.60 bits per heavy atom. The highest BCUT2D eigenvalue weighted by Crippen LogP contribution is 1.93. The predicted octanol–water partition coefficient (Wildman–Crippen LogP) is -0.00650.